The average molecular weight is 359 g/mol. The van der Waals surface area contributed by atoms with E-state index in [1.807, 2.05) is 0 Å². The van der Waals surface area contributed by atoms with Crippen LogP contribution in [0.3, 0.4) is 0 Å². The predicted molar refractivity (Wildman–Crippen MR) is 84.9 cm³/mol. The minimum atomic E-state index is -3.51. The van der Waals surface area contributed by atoms with Gasteiger partial charge in [-0.25, -0.2) is 8.42 Å². The molecule has 0 radical (unpaired) electrons. The summed E-state index contributed by atoms with van der Waals surface area (Å²) >= 11 is 3.28. The smallest absolute Gasteiger partial charge is 0.243 e. The first-order valence-corrected chi connectivity index (χ1v) is 8.88. The molecule has 1 aromatic rings. The Morgan fingerprint density at radius 2 is 2.05 bits per heavy atom. The fourth-order valence-corrected chi connectivity index (χ4v) is 4.78. The lowest BCUT2D eigenvalue weighted by Crippen LogP contribution is -2.38. The third-order valence-electron chi connectivity index (χ3n) is 3.62. The van der Waals surface area contributed by atoms with Crippen LogP contribution in [0.4, 0.5) is 5.69 Å². The highest BCUT2D eigenvalue weighted by molar-refractivity contribution is 9.10. The lowest BCUT2D eigenvalue weighted by molar-refractivity contribution is 0.347. The van der Waals surface area contributed by atoms with Crippen molar-refractivity contribution in [3.05, 3.63) is 35.3 Å². The first-order valence-electron chi connectivity index (χ1n) is 6.64. The van der Waals surface area contributed by atoms with E-state index in [0.717, 1.165) is 25.7 Å². The number of nitrogens with zero attached hydrogens (tertiary/aromatic N) is 1. The molecule has 2 rings (SSSR count). The molecule has 0 aromatic heterocycles. The molecule has 1 fully saturated rings. The highest BCUT2D eigenvalue weighted by atomic mass is 79.9. The predicted octanol–water partition coefficient (Wildman–Crippen LogP) is 3.15. The molecular weight excluding hydrogens is 340 g/mol. The number of halogens is 1. The van der Waals surface area contributed by atoms with Crippen LogP contribution in [-0.4, -0.2) is 25.3 Å². The van der Waals surface area contributed by atoms with Gasteiger partial charge in [0.25, 0.3) is 0 Å². The van der Waals surface area contributed by atoms with Crippen LogP contribution < -0.4 is 5.73 Å². The van der Waals surface area contributed by atoms with Crippen molar-refractivity contribution in [1.82, 2.24) is 4.31 Å². The van der Waals surface area contributed by atoms with Crippen molar-refractivity contribution in [3.8, 4) is 0 Å². The van der Waals surface area contributed by atoms with Crippen LogP contribution in [0.15, 0.2) is 40.2 Å². The summed E-state index contributed by atoms with van der Waals surface area (Å²) in [5.74, 6) is 0. The molecule has 4 nitrogen and oxygen atoms in total. The Morgan fingerprint density at radius 3 is 2.60 bits per heavy atom. The third-order valence-corrected chi connectivity index (χ3v) is 6.22. The number of rotatable bonds is 5. The van der Waals surface area contributed by atoms with Crippen LogP contribution in [0.1, 0.15) is 25.7 Å². The van der Waals surface area contributed by atoms with Crippen LogP contribution in [-0.2, 0) is 10.0 Å². The van der Waals surface area contributed by atoms with E-state index in [4.69, 9.17) is 5.73 Å². The van der Waals surface area contributed by atoms with E-state index in [1.165, 1.54) is 0 Å². The van der Waals surface area contributed by atoms with Gasteiger partial charge in [-0.15, -0.1) is 6.58 Å². The molecule has 0 aliphatic heterocycles. The molecule has 0 bridgehead atoms. The summed E-state index contributed by atoms with van der Waals surface area (Å²) in [5.41, 5.74) is 6.25. The zero-order chi connectivity index (χ0) is 14.8. The largest absolute Gasteiger partial charge is 0.398 e. The second-order valence-electron chi connectivity index (χ2n) is 4.98. The van der Waals surface area contributed by atoms with Gasteiger partial charge in [0.15, 0.2) is 0 Å². The molecule has 1 saturated carbocycles. The third kappa shape index (κ3) is 3.07. The second kappa shape index (κ2) is 6.28. The number of benzene rings is 1. The highest BCUT2D eigenvalue weighted by Gasteiger charge is 2.32. The van der Waals surface area contributed by atoms with Gasteiger partial charge >= 0.3 is 0 Å². The number of nitrogens with two attached hydrogens (primary N) is 1. The number of sulfonamides is 1. The van der Waals surface area contributed by atoms with Crippen molar-refractivity contribution in [1.29, 1.82) is 0 Å². The van der Waals surface area contributed by atoms with Gasteiger partial charge in [0.05, 0.1) is 4.90 Å². The van der Waals surface area contributed by atoms with Gasteiger partial charge in [-0.1, -0.05) is 18.9 Å². The van der Waals surface area contributed by atoms with Crippen LogP contribution in [0.2, 0.25) is 0 Å². The van der Waals surface area contributed by atoms with E-state index in [9.17, 15) is 8.42 Å². The Bertz CT molecular complexity index is 595. The minimum Gasteiger partial charge on any atom is -0.398 e. The van der Waals surface area contributed by atoms with Crippen molar-refractivity contribution < 1.29 is 8.42 Å². The second-order valence-corrected chi connectivity index (χ2v) is 7.73. The monoisotopic (exact) mass is 358 g/mol. The topological polar surface area (TPSA) is 63.4 Å². The molecule has 2 N–H and O–H groups in total. The first-order chi connectivity index (χ1) is 9.46. The summed E-state index contributed by atoms with van der Waals surface area (Å²) in [6, 6.07) is 4.81. The van der Waals surface area contributed by atoms with Crippen LogP contribution in [0, 0.1) is 0 Å². The van der Waals surface area contributed by atoms with Gasteiger partial charge in [-0.3, -0.25) is 0 Å². The van der Waals surface area contributed by atoms with E-state index < -0.39 is 10.0 Å². The zero-order valence-electron chi connectivity index (χ0n) is 11.3. The van der Waals surface area contributed by atoms with Crippen molar-refractivity contribution in [2.45, 2.75) is 36.6 Å². The van der Waals surface area contributed by atoms with E-state index in [0.29, 0.717) is 16.7 Å². The average Bonchev–Trinajstić information content (AvgIpc) is 2.92. The quantitative estimate of drug-likeness (QED) is 0.649. The summed E-state index contributed by atoms with van der Waals surface area (Å²) in [7, 11) is -3.51. The highest BCUT2D eigenvalue weighted by Crippen LogP contribution is 2.30. The summed E-state index contributed by atoms with van der Waals surface area (Å²) in [6.07, 6.45) is 5.65. The molecule has 0 atom stereocenters. The fraction of sp³-hybridized carbons (Fsp3) is 0.429. The Labute approximate surface area is 128 Å². The van der Waals surface area contributed by atoms with Gasteiger partial charge in [0, 0.05) is 22.7 Å². The molecule has 1 aromatic carbocycles. The first kappa shape index (κ1) is 15.5. The maximum absolute atomic E-state index is 12.8. The van der Waals surface area contributed by atoms with Gasteiger partial charge in [0.1, 0.15) is 0 Å². The lowest BCUT2D eigenvalue weighted by Gasteiger charge is -2.27. The van der Waals surface area contributed by atoms with Crippen molar-refractivity contribution in [2.24, 2.45) is 0 Å². The minimum absolute atomic E-state index is 0.0781. The molecule has 6 heteroatoms. The molecular formula is C14H19BrN2O2S. The number of anilines is 1. The van der Waals surface area contributed by atoms with E-state index in [-0.39, 0.29) is 10.9 Å². The SMILES string of the molecule is C=CCN(C1CCCC1)S(=O)(=O)c1ccc(N)c(Br)c1. The molecule has 110 valence electrons. The van der Waals surface area contributed by atoms with Crippen molar-refractivity contribution >= 4 is 31.6 Å². The van der Waals surface area contributed by atoms with Gasteiger partial charge in [0.2, 0.25) is 10.0 Å². The maximum atomic E-state index is 12.8. The van der Waals surface area contributed by atoms with Crippen LogP contribution in [0.5, 0.6) is 0 Å². The molecule has 0 amide bonds. The van der Waals surface area contributed by atoms with Crippen LogP contribution in [0.25, 0.3) is 0 Å². The zero-order valence-corrected chi connectivity index (χ0v) is 13.7. The standard InChI is InChI=1S/C14H19BrN2O2S/c1-2-9-17(11-5-3-4-6-11)20(18,19)12-7-8-14(16)13(15)10-12/h2,7-8,10-11H,1,3-6,9,16H2. The Morgan fingerprint density at radius 1 is 1.40 bits per heavy atom. The van der Waals surface area contributed by atoms with E-state index in [2.05, 4.69) is 22.5 Å². The van der Waals surface area contributed by atoms with E-state index in [1.54, 1.807) is 28.6 Å². The molecule has 0 unspecified atom stereocenters. The fourth-order valence-electron chi connectivity index (χ4n) is 2.57. The molecule has 20 heavy (non-hydrogen) atoms. The van der Waals surface area contributed by atoms with Crippen LogP contribution >= 0.6 is 15.9 Å². The molecule has 0 saturated heterocycles. The van der Waals surface area contributed by atoms with Gasteiger partial charge in [-0.05, 0) is 47.0 Å². The van der Waals surface area contributed by atoms with E-state index >= 15 is 0 Å². The normalized spacial score (nSPS) is 16.7. The van der Waals surface area contributed by atoms with Crippen molar-refractivity contribution in [3.63, 3.8) is 0 Å². The summed E-state index contributed by atoms with van der Waals surface area (Å²) in [4.78, 5) is 0.271. The lowest BCUT2D eigenvalue weighted by atomic mass is 10.2. The van der Waals surface area contributed by atoms with Gasteiger partial charge in [-0.2, -0.15) is 4.31 Å². The summed E-state index contributed by atoms with van der Waals surface area (Å²) < 4.78 is 27.7. The van der Waals surface area contributed by atoms with Crippen molar-refractivity contribution in [2.75, 3.05) is 12.3 Å². The maximum Gasteiger partial charge on any atom is 0.243 e. The molecule has 0 heterocycles. The molecule has 1 aliphatic rings. The number of hydrogen-bond acceptors (Lipinski definition) is 3. The molecule has 0 spiro atoms. The Balaban J connectivity index is 2.38. The number of hydrogen-bond donors (Lipinski definition) is 1. The Hall–Kier alpha value is -0.850. The Kier molecular flexibility index (Phi) is 4.88. The van der Waals surface area contributed by atoms with Gasteiger partial charge < -0.3 is 5.73 Å². The summed E-state index contributed by atoms with van der Waals surface area (Å²) in [6.45, 7) is 4.02. The summed E-state index contributed by atoms with van der Waals surface area (Å²) in [5, 5.41) is 0. The number of nitrogen functional groups attached to an aromatic ring is 1. The molecule has 1 aliphatic carbocycles.